The second kappa shape index (κ2) is 4.51. The highest BCUT2D eigenvalue weighted by Gasteiger charge is 2.17. The van der Waals surface area contributed by atoms with E-state index in [4.69, 9.17) is 0 Å². The van der Waals surface area contributed by atoms with Crippen LogP contribution in [0.2, 0.25) is 0 Å². The number of hydrogen-bond donors (Lipinski definition) is 2. The maximum atomic E-state index is 9.51. The van der Waals surface area contributed by atoms with Crippen LogP contribution in [0.15, 0.2) is 6.58 Å². The summed E-state index contributed by atoms with van der Waals surface area (Å²) in [6.45, 7) is 3.66. The highest BCUT2D eigenvalue weighted by molar-refractivity contribution is 14.1. The predicted octanol–water partition coefficient (Wildman–Crippen LogP) is 3.55. The maximum Gasteiger partial charge on any atom is 0.173 e. The molecular formula is C8H5I3O2. The lowest BCUT2D eigenvalue weighted by molar-refractivity contribution is 0.398. The Labute approximate surface area is 117 Å². The predicted molar refractivity (Wildman–Crippen MR) is 78.0 cm³/mol. The van der Waals surface area contributed by atoms with Crippen LogP contribution in [-0.2, 0) is 0 Å². The Balaban J connectivity index is 3.66. The lowest BCUT2D eigenvalue weighted by Crippen LogP contribution is -1.91. The third kappa shape index (κ3) is 2.06. The molecule has 0 heterocycles. The second-order valence-electron chi connectivity index (χ2n) is 2.26. The summed E-state index contributed by atoms with van der Waals surface area (Å²) in [5.41, 5.74) is 0.862. The number of phenols is 2. The fourth-order valence-electron chi connectivity index (χ4n) is 0.833. The first kappa shape index (κ1) is 11.8. The van der Waals surface area contributed by atoms with Crippen molar-refractivity contribution < 1.29 is 10.2 Å². The van der Waals surface area contributed by atoms with Gasteiger partial charge in [0.1, 0.15) is 0 Å². The first-order chi connectivity index (χ1) is 6.00. The molecule has 0 bridgehead atoms. The van der Waals surface area contributed by atoms with Crippen LogP contribution in [-0.4, -0.2) is 10.2 Å². The zero-order valence-electron chi connectivity index (χ0n) is 6.31. The van der Waals surface area contributed by atoms with Crippen LogP contribution >= 0.6 is 67.8 Å². The Morgan fingerprint density at radius 3 is 1.85 bits per heavy atom. The Hall–Kier alpha value is 0.750. The van der Waals surface area contributed by atoms with E-state index in [1.165, 1.54) is 0 Å². The molecule has 0 spiro atoms. The summed E-state index contributed by atoms with van der Waals surface area (Å²) >= 11 is 6.09. The van der Waals surface area contributed by atoms with Gasteiger partial charge in [0.25, 0.3) is 0 Å². The summed E-state index contributed by atoms with van der Waals surface area (Å²) in [4.78, 5) is 0. The molecule has 70 valence electrons. The van der Waals surface area contributed by atoms with Crippen molar-refractivity contribution in [3.8, 4) is 11.5 Å². The van der Waals surface area contributed by atoms with Gasteiger partial charge in [0.2, 0.25) is 0 Å². The molecule has 0 saturated heterocycles. The second-order valence-corrected chi connectivity index (χ2v) is 5.49. The van der Waals surface area contributed by atoms with Crippen molar-refractivity contribution in [3.05, 3.63) is 22.9 Å². The van der Waals surface area contributed by atoms with Gasteiger partial charge in [0, 0.05) is 9.13 Å². The van der Waals surface area contributed by atoms with E-state index < -0.39 is 0 Å². The zero-order chi connectivity index (χ0) is 10.2. The van der Waals surface area contributed by atoms with Crippen LogP contribution in [0, 0.1) is 10.7 Å². The molecule has 0 aliphatic rings. The van der Waals surface area contributed by atoms with Gasteiger partial charge in [-0.05, 0) is 67.8 Å². The average molecular weight is 514 g/mol. The minimum Gasteiger partial charge on any atom is -0.503 e. The minimum atomic E-state index is -0.0692. The van der Waals surface area contributed by atoms with Gasteiger partial charge in [-0.1, -0.05) is 12.7 Å². The Bertz CT molecular complexity index is 345. The number of rotatable bonds is 1. The van der Waals surface area contributed by atoms with Crippen molar-refractivity contribution in [1.82, 2.24) is 0 Å². The lowest BCUT2D eigenvalue weighted by atomic mass is 10.2. The maximum absolute atomic E-state index is 9.51. The molecule has 0 unspecified atom stereocenters. The van der Waals surface area contributed by atoms with E-state index in [2.05, 4.69) is 29.2 Å². The van der Waals surface area contributed by atoms with Crippen molar-refractivity contribution in [3.63, 3.8) is 0 Å². The fraction of sp³-hybridized carbons (Fsp3) is 0. The first-order valence-electron chi connectivity index (χ1n) is 3.21. The molecule has 2 N–H and O–H groups in total. The fourth-order valence-corrected chi connectivity index (χ4v) is 3.39. The highest BCUT2D eigenvalue weighted by Crippen LogP contribution is 2.40. The lowest BCUT2D eigenvalue weighted by Gasteiger charge is -2.09. The molecule has 1 rings (SSSR count). The number of halogens is 3. The molecule has 1 aromatic rings. The smallest absolute Gasteiger partial charge is 0.173 e. The normalized spacial score (nSPS) is 10.1. The summed E-state index contributed by atoms with van der Waals surface area (Å²) in [5.74, 6) is -0.125. The van der Waals surface area contributed by atoms with Crippen molar-refractivity contribution in [2.24, 2.45) is 0 Å². The molecule has 13 heavy (non-hydrogen) atoms. The minimum absolute atomic E-state index is 0.0556. The Morgan fingerprint density at radius 1 is 0.923 bits per heavy atom. The van der Waals surface area contributed by atoms with Crippen molar-refractivity contribution >= 4 is 73.8 Å². The van der Waals surface area contributed by atoms with Crippen LogP contribution in [0.5, 0.6) is 11.5 Å². The Kier molecular flexibility index (Phi) is 4.10. The molecule has 0 radical (unpaired) electrons. The number of benzene rings is 1. The summed E-state index contributed by atoms with van der Waals surface area (Å²) in [5, 5.41) is 19.0. The van der Waals surface area contributed by atoms with Gasteiger partial charge in [-0.2, -0.15) is 0 Å². The number of hydrogen-bond acceptors (Lipinski definition) is 2. The molecular weight excluding hydrogens is 509 g/mol. The molecule has 0 amide bonds. The topological polar surface area (TPSA) is 40.5 Å². The molecule has 0 aromatic heterocycles. The molecule has 0 aliphatic carbocycles. The summed E-state index contributed by atoms with van der Waals surface area (Å²) in [7, 11) is 0. The first-order valence-corrected chi connectivity index (χ1v) is 6.45. The standard InChI is InChI=1S/C8H5I3O2/c1-2-3-4(9)6(11)8(13)7(12)5(3)10/h2,12-13H,1H2. The van der Waals surface area contributed by atoms with E-state index in [1.807, 2.05) is 45.2 Å². The SMILES string of the molecule is C=Cc1c(I)c(O)c(O)c(I)c1I. The van der Waals surface area contributed by atoms with E-state index in [9.17, 15) is 10.2 Å². The summed E-state index contributed by atoms with van der Waals surface area (Å²) in [6, 6.07) is 0. The van der Waals surface area contributed by atoms with Gasteiger partial charge in [-0.25, -0.2) is 0 Å². The molecule has 0 atom stereocenters. The molecule has 1 aromatic carbocycles. The Morgan fingerprint density at radius 2 is 1.38 bits per heavy atom. The largest absolute Gasteiger partial charge is 0.503 e. The van der Waals surface area contributed by atoms with E-state index in [0.29, 0.717) is 7.14 Å². The quantitative estimate of drug-likeness (QED) is 0.343. The van der Waals surface area contributed by atoms with E-state index in [0.717, 1.165) is 9.13 Å². The van der Waals surface area contributed by atoms with E-state index >= 15 is 0 Å². The number of aromatic hydroxyl groups is 2. The third-order valence-corrected chi connectivity index (χ3v) is 5.80. The number of phenolic OH excluding ortho intramolecular Hbond substituents is 2. The van der Waals surface area contributed by atoms with Crippen LogP contribution in [0.25, 0.3) is 6.08 Å². The highest BCUT2D eigenvalue weighted by atomic mass is 127. The van der Waals surface area contributed by atoms with Crippen LogP contribution in [0.4, 0.5) is 0 Å². The zero-order valence-corrected chi connectivity index (χ0v) is 12.8. The molecule has 0 fully saturated rings. The van der Waals surface area contributed by atoms with Gasteiger partial charge in [-0.3, -0.25) is 0 Å². The average Bonchev–Trinajstić information content (AvgIpc) is 2.13. The van der Waals surface area contributed by atoms with Crippen LogP contribution in [0.3, 0.4) is 0 Å². The van der Waals surface area contributed by atoms with Crippen LogP contribution < -0.4 is 0 Å². The van der Waals surface area contributed by atoms with Crippen molar-refractivity contribution in [2.45, 2.75) is 0 Å². The van der Waals surface area contributed by atoms with Gasteiger partial charge in [0.05, 0.1) is 7.14 Å². The van der Waals surface area contributed by atoms with Gasteiger partial charge >= 0.3 is 0 Å². The summed E-state index contributed by atoms with van der Waals surface area (Å²) < 4.78 is 2.20. The third-order valence-electron chi connectivity index (χ3n) is 1.51. The van der Waals surface area contributed by atoms with Crippen LogP contribution in [0.1, 0.15) is 5.56 Å². The van der Waals surface area contributed by atoms with E-state index in [1.54, 1.807) is 6.08 Å². The monoisotopic (exact) mass is 514 g/mol. The van der Waals surface area contributed by atoms with Gasteiger partial charge < -0.3 is 10.2 Å². The molecule has 0 aliphatic heterocycles. The molecule has 2 nitrogen and oxygen atoms in total. The van der Waals surface area contributed by atoms with Crippen molar-refractivity contribution in [1.29, 1.82) is 0 Å². The van der Waals surface area contributed by atoms with Crippen molar-refractivity contribution in [2.75, 3.05) is 0 Å². The summed E-state index contributed by atoms with van der Waals surface area (Å²) in [6.07, 6.45) is 1.67. The van der Waals surface area contributed by atoms with E-state index in [-0.39, 0.29) is 11.5 Å². The molecule has 5 heteroatoms. The van der Waals surface area contributed by atoms with Gasteiger partial charge in [-0.15, -0.1) is 0 Å². The van der Waals surface area contributed by atoms with Gasteiger partial charge in [0.15, 0.2) is 11.5 Å². The molecule has 0 saturated carbocycles.